The summed E-state index contributed by atoms with van der Waals surface area (Å²) in [6.07, 6.45) is 0. The number of nitrogens with zero attached hydrogens (tertiary/aromatic N) is 2. The molecule has 1 N–H and O–H groups in total. The fourth-order valence-corrected chi connectivity index (χ4v) is 2.08. The number of aromatic nitrogens is 3. The van der Waals surface area contributed by atoms with Crippen LogP contribution in [0.25, 0.3) is 11.0 Å². The van der Waals surface area contributed by atoms with Crippen LogP contribution in [-0.4, -0.2) is 33.7 Å². The van der Waals surface area contributed by atoms with Gasteiger partial charge in [0.1, 0.15) is 5.52 Å². The van der Waals surface area contributed by atoms with Gasteiger partial charge in [-0.3, -0.25) is 0 Å². The molecule has 1 fully saturated rings. The Morgan fingerprint density at radius 2 is 1.65 bits per heavy atom. The van der Waals surface area contributed by atoms with Crippen molar-refractivity contribution in [1.29, 1.82) is 0 Å². The number of fused-ring (bicyclic) bond motifs is 1. The van der Waals surface area contributed by atoms with Gasteiger partial charge >= 0.3 is 7.12 Å². The minimum atomic E-state index is -1.05. The van der Waals surface area contributed by atoms with Gasteiger partial charge in [-0.15, -0.1) is 0 Å². The number of nitrogens with one attached hydrogen (secondary N) is 1. The van der Waals surface area contributed by atoms with Crippen molar-refractivity contribution in [2.45, 2.75) is 38.9 Å². The van der Waals surface area contributed by atoms with Crippen molar-refractivity contribution in [2.24, 2.45) is 0 Å². The van der Waals surface area contributed by atoms with E-state index in [1.807, 2.05) is 27.7 Å². The zero-order valence-electron chi connectivity index (χ0n) is 11.6. The Labute approximate surface area is 114 Å². The maximum atomic E-state index is 14.1. The number of H-pyrrole nitrogens is 1. The Kier molecular flexibility index (Phi) is 2.68. The number of hydrogen-bond donors (Lipinski definition) is 1. The quantitative estimate of drug-likeness (QED) is 0.805. The molecule has 1 aromatic carbocycles. The molecule has 2 heterocycles. The summed E-state index contributed by atoms with van der Waals surface area (Å²) in [6, 6.07) is 1.39. The van der Waals surface area contributed by atoms with Crippen molar-refractivity contribution < 1.29 is 18.1 Å². The minimum Gasteiger partial charge on any atom is -0.399 e. The molecule has 8 heteroatoms. The molecule has 2 aromatic rings. The van der Waals surface area contributed by atoms with Gasteiger partial charge in [0.05, 0.1) is 11.2 Å². The third-order valence-electron chi connectivity index (χ3n) is 4.03. The van der Waals surface area contributed by atoms with Crippen molar-refractivity contribution in [3.63, 3.8) is 0 Å². The number of benzene rings is 1. The molecule has 0 saturated carbocycles. The number of halogens is 2. The van der Waals surface area contributed by atoms with Crippen LogP contribution in [0.3, 0.4) is 0 Å². The Morgan fingerprint density at radius 1 is 1.05 bits per heavy atom. The summed E-state index contributed by atoms with van der Waals surface area (Å²) in [6.45, 7) is 7.37. The first-order chi connectivity index (χ1) is 9.23. The average Bonchev–Trinajstić information content (AvgIpc) is 2.87. The lowest BCUT2D eigenvalue weighted by atomic mass is 9.78. The first-order valence-electron chi connectivity index (χ1n) is 6.27. The van der Waals surface area contributed by atoms with Crippen molar-refractivity contribution >= 4 is 23.6 Å². The molecule has 0 bridgehead atoms. The summed E-state index contributed by atoms with van der Waals surface area (Å²) < 4.78 is 39.5. The topological polar surface area (TPSA) is 60.0 Å². The van der Waals surface area contributed by atoms with Crippen molar-refractivity contribution in [3.8, 4) is 0 Å². The van der Waals surface area contributed by atoms with Gasteiger partial charge in [0.25, 0.3) is 0 Å². The number of hydrogen-bond acceptors (Lipinski definition) is 4. The fourth-order valence-electron chi connectivity index (χ4n) is 2.08. The van der Waals surface area contributed by atoms with E-state index in [0.29, 0.717) is 0 Å². The van der Waals surface area contributed by atoms with Gasteiger partial charge in [0.2, 0.25) is 0 Å². The van der Waals surface area contributed by atoms with Crippen LogP contribution in [-0.2, 0) is 9.31 Å². The van der Waals surface area contributed by atoms with Crippen molar-refractivity contribution in [1.82, 2.24) is 15.4 Å². The van der Waals surface area contributed by atoms with Gasteiger partial charge in [-0.05, 0) is 33.8 Å². The van der Waals surface area contributed by atoms with E-state index >= 15 is 0 Å². The van der Waals surface area contributed by atoms with Gasteiger partial charge in [-0.25, -0.2) is 8.78 Å². The van der Waals surface area contributed by atoms with Crippen LogP contribution < -0.4 is 5.46 Å². The van der Waals surface area contributed by atoms with Crippen LogP contribution in [0, 0.1) is 11.6 Å². The van der Waals surface area contributed by atoms with Gasteiger partial charge < -0.3 is 9.31 Å². The second-order valence-electron chi connectivity index (χ2n) is 5.87. The molecule has 0 spiro atoms. The summed E-state index contributed by atoms with van der Waals surface area (Å²) in [7, 11) is -0.976. The van der Waals surface area contributed by atoms with Gasteiger partial charge in [0.15, 0.2) is 17.2 Å². The highest BCUT2D eigenvalue weighted by atomic mass is 19.2. The second-order valence-corrected chi connectivity index (χ2v) is 5.87. The van der Waals surface area contributed by atoms with Crippen LogP contribution in [0.4, 0.5) is 8.78 Å². The van der Waals surface area contributed by atoms with E-state index in [0.717, 1.165) is 0 Å². The highest BCUT2D eigenvalue weighted by Gasteiger charge is 2.52. The maximum Gasteiger partial charge on any atom is 0.498 e. The summed E-state index contributed by atoms with van der Waals surface area (Å²) in [5.41, 5.74) is -1.17. The molecule has 1 aliphatic rings. The largest absolute Gasteiger partial charge is 0.498 e. The zero-order chi connectivity index (χ0) is 14.7. The molecule has 3 rings (SSSR count). The smallest absolute Gasteiger partial charge is 0.399 e. The van der Waals surface area contributed by atoms with E-state index in [9.17, 15) is 8.78 Å². The lowest BCUT2D eigenvalue weighted by molar-refractivity contribution is 0.00578. The molecule has 0 atom stereocenters. The third kappa shape index (κ3) is 1.75. The maximum absolute atomic E-state index is 14.1. The Bertz CT molecular complexity index is 671. The molecular weight excluding hydrogens is 267 g/mol. The standard InChI is InChI=1S/C12H14BF2N3O2/c1-11(2)12(3,4)20-13(19-11)6-5-7-10(17-18-16-7)9(15)8(6)14/h5H,1-4H3,(H,16,17,18). The predicted octanol–water partition coefficient (Wildman–Crippen LogP) is 1.54. The molecule has 0 unspecified atom stereocenters. The average molecular weight is 281 g/mol. The summed E-state index contributed by atoms with van der Waals surface area (Å²) in [5.74, 6) is -2.08. The van der Waals surface area contributed by atoms with Gasteiger partial charge in [0, 0.05) is 5.46 Å². The Hall–Kier alpha value is -1.54. The molecule has 0 radical (unpaired) electrons. The van der Waals surface area contributed by atoms with Crippen LogP contribution >= 0.6 is 0 Å². The van der Waals surface area contributed by atoms with Crippen LogP contribution in [0.15, 0.2) is 6.07 Å². The molecule has 0 aliphatic carbocycles. The number of aromatic amines is 1. The van der Waals surface area contributed by atoms with E-state index in [2.05, 4.69) is 15.4 Å². The molecule has 106 valence electrons. The molecule has 1 aromatic heterocycles. The van der Waals surface area contributed by atoms with Crippen LogP contribution in [0.2, 0.25) is 0 Å². The van der Waals surface area contributed by atoms with E-state index in [4.69, 9.17) is 9.31 Å². The first kappa shape index (κ1) is 13.4. The monoisotopic (exact) mass is 281 g/mol. The summed E-state index contributed by atoms with van der Waals surface area (Å²) >= 11 is 0. The normalized spacial score (nSPS) is 20.8. The van der Waals surface area contributed by atoms with E-state index in [1.54, 1.807) is 0 Å². The third-order valence-corrected chi connectivity index (χ3v) is 4.03. The van der Waals surface area contributed by atoms with Gasteiger partial charge in [-0.2, -0.15) is 15.4 Å². The van der Waals surface area contributed by atoms with E-state index < -0.39 is 30.0 Å². The number of rotatable bonds is 1. The van der Waals surface area contributed by atoms with Crippen molar-refractivity contribution in [2.75, 3.05) is 0 Å². The SMILES string of the molecule is CC1(C)OB(c2cc3n[nH]nc3c(F)c2F)OC1(C)C. The van der Waals surface area contributed by atoms with E-state index in [-0.39, 0.29) is 16.5 Å². The molecule has 5 nitrogen and oxygen atoms in total. The molecule has 0 amide bonds. The second kappa shape index (κ2) is 3.99. The minimum absolute atomic E-state index is 0.0115. The van der Waals surface area contributed by atoms with Crippen molar-refractivity contribution in [3.05, 3.63) is 17.7 Å². The van der Waals surface area contributed by atoms with E-state index in [1.165, 1.54) is 6.07 Å². The summed E-state index contributed by atoms with van der Waals surface area (Å²) in [4.78, 5) is 0. The summed E-state index contributed by atoms with van der Waals surface area (Å²) in [5, 5.41) is 9.61. The van der Waals surface area contributed by atoms with Crippen LogP contribution in [0.5, 0.6) is 0 Å². The molecule has 1 aliphatic heterocycles. The highest BCUT2D eigenvalue weighted by Crippen LogP contribution is 2.36. The highest BCUT2D eigenvalue weighted by molar-refractivity contribution is 6.62. The van der Waals surface area contributed by atoms with Gasteiger partial charge in [-0.1, -0.05) is 0 Å². The molecular formula is C12H14BF2N3O2. The predicted molar refractivity (Wildman–Crippen MR) is 69.5 cm³/mol. The Balaban J connectivity index is 2.10. The zero-order valence-corrected chi connectivity index (χ0v) is 11.6. The lowest BCUT2D eigenvalue weighted by Crippen LogP contribution is -2.41. The molecule has 20 heavy (non-hydrogen) atoms. The fraction of sp³-hybridized carbons (Fsp3) is 0.500. The molecule has 1 saturated heterocycles. The first-order valence-corrected chi connectivity index (χ1v) is 6.27. The Morgan fingerprint density at radius 3 is 2.25 bits per heavy atom. The van der Waals surface area contributed by atoms with Crippen LogP contribution in [0.1, 0.15) is 27.7 Å². The lowest BCUT2D eigenvalue weighted by Gasteiger charge is -2.32.